The van der Waals surface area contributed by atoms with Crippen molar-refractivity contribution in [2.75, 3.05) is 17.7 Å². The summed E-state index contributed by atoms with van der Waals surface area (Å²) in [5.41, 5.74) is 1.18. The highest BCUT2D eigenvalue weighted by atomic mass is 16.6. The third kappa shape index (κ3) is 5.06. The van der Waals surface area contributed by atoms with Crippen LogP contribution in [0.15, 0.2) is 42.5 Å². The second-order valence-electron chi connectivity index (χ2n) is 6.18. The van der Waals surface area contributed by atoms with Gasteiger partial charge in [0.25, 0.3) is 11.6 Å². The molecule has 0 aromatic heterocycles. The molecule has 2 aromatic rings. The number of nitrogens with zero attached hydrogens (tertiary/aromatic N) is 1. The standard InChI is InChI=1S/C20H23N3O5/c1-4-13(5-2)19(24)21-15-8-6-14(7-9-15)20(25)22-17-11-10-16(23(26)27)12-18(17)28-3/h6-13H,4-5H2,1-3H3,(H,21,24)(H,22,25). The first-order chi connectivity index (χ1) is 13.4. The number of carbonyl (C=O) groups excluding carboxylic acids is 2. The van der Waals surface area contributed by atoms with E-state index in [2.05, 4.69) is 10.6 Å². The number of methoxy groups -OCH3 is 1. The van der Waals surface area contributed by atoms with E-state index in [9.17, 15) is 19.7 Å². The molecule has 0 heterocycles. The smallest absolute Gasteiger partial charge is 0.273 e. The van der Waals surface area contributed by atoms with Crippen LogP contribution in [0.25, 0.3) is 0 Å². The van der Waals surface area contributed by atoms with Gasteiger partial charge in [0.1, 0.15) is 5.75 Å². The maximum absolute atomic E-state index is 12.4. The molecule has 148 valence electrons. The van der Waals surface area contributed by atoms with Gasteiger partial charge < -0.3 is 15.4 Å². The number of hydrogen-bond acceptors (Lipinski definition) is 5. The molecule has 2 aromatic carbocycles. The minimum Gasteiger partial charge on any atom is -0.494 e. The lowest BCUT2D eigenvalue weighted by atomic mass is 10.0. The molecule has 2 amide bonds. The fourth-order valence-electron chi connectivity index (χ4n) is 2.70. The summed E-state index contributed by atoms with van der Waals surface area (Å²) < 4.78 is 5.11. The molecule has 28 heavy (non-hydrogen) atoms. The molecule has 0 saturated carbocycles. The van der Waals surface area contributed by atoms with Gasteiger partial charge in [-0.15, -0.1) is 0 Å². The van der Waals surface area contributed by atoms with Crippen LogP contribution in [0.2, 0.25) is 0 Å². The van der Waals surface area contributed by atoms with Crippen LogP contribution in [0, 0.1) is 16.0 Å². The number of rotatable bonds is 8. The third-order valence-corrected chi connectivity index (χ3v) is 4.42. The molecule has 0 aliphatic heterocycles. The lowest BCUT2D eigenvalue weighted by Crippen LogP contribution is -2.21. The van der Waals surface area contributed by atoms with Crippen molar-refractivity contribution in [3.05, 3.63) is 58.1 Å². The van der Waals surface area contributed by atoms with Gasteiger partial charge in [0, 0.05) is 23.2 Å². The summed E-state index contributed by atoms with van der Waals surface area (Å²) in [5, 5.41) is 16.4. The summed E-state index contributed by atoms with van der Waals surface area (Å²) in [6, 6.07) is 10.4. The molecule has 0 fully saturated rings. The van der Waals surface area contributed by atoms with Crippen LogP contribution in [0.4, 0.5) is 17.1 Å². The predicted octanol–water partition coefficient (Wildman–Crippen LogP) is 4.23. The van der Waals surface area contributed by atoms with Crippen LogP contribution in [0.3, 0.4) is 0 Å². The Labute approximate surface area is 163 Å². The highest BCUT2D eigenvalue weighted by Gasteiger charge is 2.16. The quantitative estimate of drug-likeness (QED) is 0.522. The molecular formula is C20H23N3O5. The maximum atomic E-state index is 12.4. The van der Waals surface area contributed by atoms with E-state index in [0.29, 0.717) is 16.9 Å². The van der Waals surface area contributed by atoms with E-state index >= 15 is 0 Å². The maximum Gasteiger partial charge on any atom is 0.273 e. The average molecular weight is 385 g/mol. The van der Waals surface area contributed by atoms with Gasteiger partial charge >= 0.3 is 0 Å². The van der Waals surface area contributed by atoms with E-state index < -0.39 is 10.8 Å². The molecule has 0 saturated heterocycles. The minimum absolute atomic E-state index is 0.0437. The lowest BCUT2D eigenvalue weighted by Gasteiger charge is -2.13. The zero-order valence-electron chi connectivity index (χ0n) is 16.0. The average Bonchev–Trinajstić information content (AvgIpc) is 2.69. The number of non-ortho nitro benzene ring substituents is 1. The number of nitro benzene ring substituents is 1. The molecule has 0 bridgehead atoms. The van der Waals surface area contributed by atoms with Gasteiger partial charge in [-0.25, -0.2) is 0 Å². The first kappa shape index (κ1) is 20.9. The summed E-state index contributed by atoms with van der Waals surface area (Å²) in [4.78, 5) is 34.9. The summed E-state index contributed by atoms with van der Waals surface area (Å²) in [7, 11) is 1.37. The molecule has 0 aliphatic carbocycles. The molecule has 2 rings (SSSR count). The number of nitro groups is 1. The largest absolute Gasteiger partial charge is 0.494 e. The molecule has 0 spiro atoms. The van der Waals surface area contributed by atoms with Gasteiger partial charge in [-0.2, -0.15) is 0 Å². The van der Waals surface area contributed by atoms with E-state index in [-0.39, 0.29) is 23.3 Å². The van der Waals surface area contributed by atoms with E-state index in [4.69, 9.17) is 4.74 Å². The number of anilines is 2. The summed E-state index contributed by atoms with van der Waals surface area (Å²) in [6.07, 6.45) is 1.53. The highest BCUT2D eigenvalue weighted by Crippen LogP contribution is 2.29. The summed E-state index contributed by atoms with van der Waals surface area (Å²) >= 11 is 0. The van der Waals surface area contributed by atoms with E-state index in [1.54, 1.807) is 24.3 Å². The Hall–Kier alpha value is -3.42. The van der Waals surface area contributed by atoms with Gasteiger partial charge in [0.05, 0.1) is 23.8 Å². The Kier molecular flexibility index (Phi) is 7.08. The van der Waals surface area contributed by atoms with Crippen LogP contribution >= 0.6 is 0 Å². The van der Waals surface area contributed by atoms with Gasteiger partial charge in [0.15, 0.2) is 0 Å². The normalized spacial score (nSPS) is 10.4. The highest BCUT2D eigenvalue weighted by molar-refractivity contribution is 6.05. The summed E-state index contributed by atoms with van der Waals surface area (Å²) in [6.45, 7) is 3.93. The third-order valence-electron chi connectivity index (χ3n) is 4.42. The zero-order valence-corrected chi connectivity index (χ0v) is 16.0. The monoisotopic (exact) mass is 385 g/mol. The second kappa shape index (κ2) is 9.50. The van der Waals surface area contributed by atoms with Crippen LogP contribution in [-0.4, -0.2) is 23.8 Å². The Morgan fingerprint density at radius 3 is 2.25 bits per heavy atom. The van der Waals surface area contributed by atoms with Crippen molar-refractivity contribution >= 4 is 28.9 Å². The lowest BCUT2D eigenvalue weighted by molar-refractivity contribution is -0.384. The van der Waals surface area contributed by atoms with Gasteiger partial charge in [-0.05, 0) is 43.2 Å². The van der Waals surface area contributed by atoms with Crippen molar-refractivity contribution in [3.63, 3.8) is 0 Å². The molecule has 0 unspecified atom stereocenters. The molecule has 8 heteroatoms. The molecule has 0 atom stereocenters. The van der Waals surface area contributed by atoms with E-state index in [1.807, 2.05) is 13.8 Å². The van der Waals surface area contributed by atoms with Crippen molar-refractivity contribution in [1.82, 2.24) is 0 Å². The number of carbonyl (C=O) groups is 2. The Bertz CT molecular complexity index is 861. The Balaban J connectivity index is 2.09. The fraction of sp³-hybridized carbons (Fsp3) is 0.300. The number of hydrogen-bond donors (Lipinski definition) is 2. The van der Waals surface area contributed by atoms with Crippen molar-refractivity contribution < 1.29 is 19.2 Å². The Morgan fingerprint density at radius 1 is 1.07 bits per heavy atom. The van der Waals surface area contributed by atoms with Crippen LogP contribution in [-0.2, 0) is 4.79 Å². The van der Waals surface area contributed by atoms with E-state index in [0.717, 1.165) is 12.8 Å². The van der Waals surface area contributed by atoms with E-state index in [1.165, 1.54) is 25.3 Å². The topological polar surface area (TPSA) is 111 Å². The SMILES string of the molecule is CCC(CC)C(=O)Nc1ccc(C(=O)Nc2ccc([N+](=O)[O-])cc2OC)cc1. The van der Waals surface area contributed by atoms with Crippen LogP contribution in [0.1, 0.15) is 37.0 Å². The molecular weight excluding hydrogens is 362 g/mol. The Morgan fingerprint density at radius 2 is 1.71 bits per heavy atom. The van der Waals surface area contributed by atoms with Crippen molar-refractivity contribution in [2.45, 2.75) is 26.7 Å². The molecule has 0 radical (unpaired) electrons. The number of nitrogens with one attached hydrogen (secondary N) is 2. The van der Waals surface area contributed by atoms with Gasteiger partial charge in [-0.1, -0.05) is 13.8 Å². The fourth-order valence-corrected chi connectivity index (χ4v) is 2.70. The number of benzene rings is 2. The predicted molar refractivity (Wildman–Crippen MR) is 107 cm³/mol. The second-order valence-corrected chi connectivity index (χ2v) is 6.18. The molecule has 0 aliphatic rings. The first-order valence-corrected chi connectivity index (χ1v) is 8.94. The van der Waals surface area contributed by atoms with Crippen molar-refractivity contribution in [2.24, 2.45) is 5.92 Å². The van der Waals surface area contributed by atoms with Crippen molar-refractivity contribution in [3.8, 4) is 5.75 Å². The van der Waals surface area contributed by atoms with Crippen molar-refractivity contribution in [1.29, 1.82) is 0 Å². The van der Waals surface area contributed by atoms with Gasteiger partial charge in [-0.3, -0.25) is 19.7 Å². The molecule has 8 nitrogen and oxygen atoms in total. The number of ether oxygens (including phenoxy) is 1. The zero-order chi connectivity index (χ0) is 20.7. The number of amides is 2. The van der Waals surface area contributed by atoms with Crippen LogP contribution in [0.5, 0.6) is 5.75 Å². The minimum atomic E-state index is -0.539. The molecule has 2 N–H and O–H groups in total. The summed E-state index contributed by atoms with van der Waals surface area (Å²) in [5.74, 6) is -0.294. The van der Waals surface area contributed by atoms with Gasteiger partial charge in [0.2, 0.25) is 5.91 Å². The van der Waals surface area contributed by atoms with Crippen LogP contribution < -0.4 is 15.4 Å². The first-order valence-electron chi connectivity index (χ1n) is 8.94.